The molecule has 0 unspecified atom stereocenters. The van der Waals surface area contributed by atoms with Gasteiger partial charge in [-0.05, 0) is 12.8 Å². The summed E-state index contributed by atoms with van der Waals surface area (Å²) < 4.78 is 45.5. The Hall–Kier alpha value is -0.890. The molecule has 1 aromatic heterocycles. The monoisotopic (exact) mass is 281 g/mol. The van der Waals surface area contributed by atoms with Crippen molar-refractivity contribution in [3.63, 3.8) is 0 Å². The van der Waals surface area contributed by atoms with E-state index in [0.29, 0.717) is 30.8 Å². The molecule has 0 aliphatic heterocycles. The molecule has 1 aromatic rings. The van der Waals surface area contributed by atoms with E-state index in [-0.39, 0.29) is 5.13 Å². The van der Waals surface area contributed by atoms with Gasteiger partial charge in [-0.15, -0.1) is 0 Å². The number of nitrogens with one attached hydrogen (secondary N) is 1. The summed E-state index contributed by atoms with van der Waals surface area (Å²) in [4.78, 5) is 3.37. The Morgan fingerprint density at radius 1 is 1.33 bits per heavy atom. The standard InChI is InChI=1S/C10H14F3N3OS/c11-10(12,13)8-15-9(18-16-8)14-5-6-17-7-3-1-2-4-7/h7H,1-6H2,(H,14,15,16). The predicted molar refractivity (Wildman–Crippen MR) is 61.6 cm³/mol. The third-order valence-electron chi connectivity index (χ3n) is 2.71. The maximum absolute atomic E-state index is 12.2. The van der Waals surface area contributed by atoms with Crippen molar-refractivity contribution < 1.29 is 17.9 Å². The molecule has 1 fully saturated rings. The van der Waals surface area contributed by atoms with E-state index in [2.05, 4.69) is 14.7 Å². The van der Waals surface area contributed by atoms with Gasteiger partial charge < -0.3 is 10.1 Å². The van der Waals surface area contributed by atoms with Gasteiger partial charge in [0.05, 0.1) is 12.7 Å². The molecule has 8 heteroatoms. The van der Waals surface area contributed by atoms with E-state index < -0.39 is 12.0 Å². The van der Waals surface area contributed by atoms with E-state index >= 15 is 0 Å². The highest BCUT2D eigenvalue weighted by Gasteiger charge is 2.36. The predicted octanol–water partition coefficient (Wildman–Crippen LogP) is 2.93. The fraction of sp³-hybridized carbons (Fsp3) is 0.800. The zero-order valence-electron chi connectivity index (χ0n) is 9.66. The Bertz CT molecular complexity index is 377. The molecule has 18 heavy (non-hydrogen) atoms. The van der Waals surface area contributed by atoms with Gasteiger partial charge in [0.2, 0.25) is 11.0 Å². The fourth-order valence-electron chi connectivity index (χ4n) is 1.85. The number of halogens is 3. The number of nitrogens with zero attached hydrogens (tertiary/aromatic N) is 2. The molecule has 0 atom stereocenters. The summed E-state index contributed by atoms with van der Waals surface area (Å²) in [6.45, 7) is 0.925. The summed E-state index contributed by atoms with van der Waals surface area (Å²) >= 11 is 0.711. The molecule has 2 rings (SSSR count). The second-order valence-corrected chi connectivity index (χ2v) is 4.88. The van der Waals surface area contributed by atoms with Crippen molar-refractivity contribution in [1.82, 2.24) is 9.36 Å². The van der Waals surface area contributed by atoms with Crippen molar-refractivity contribution in [2.24, 2.45) is 0 Å². The van der Waals surface area contributed by atoms with Crippen LogP contribution in [0.25, 0.3) is 0 Å². The maximum atomic E-state index is 12.2. The molecule has 102 valence electrons. The van der Waals surface area contributed by atoms with E-state index in [1.165, 1.54) is 12.8 Å². The smallest absolute Gasteiger partial charge is 0.376 e. The van der Waals surface area contributed by atoms with E-state index in [9.17, 15) is 13.2 Å². The highest BCUT2D eigenvalue weighted by Crippen LogP contribution is 2.28. The van der Waals surface area contributed by atoms with Crippen molar-refractivity contribution in [3.05, 3.63) is 5.82 Å². The van der Waals surface area contributed by atoms with Crippen LogP contribution in [0.2, 0.25) is 0 Å². The van der Waals surface area contributed by atoms with Crippen molar-refractivity contribution in [2.75, 3.05) is 18.5 Å². The average molecular weight is 281 g/mol. The SMILES string of the molecule is FC(F)(F)c1nsc(NCCOC2CCCC2)n1. The number of ether oxygens (including phenoxy) is 1. The van der Waals surface area contributed by atoms with E-state index in [0.717, 1.165) is 12.8 Å². The van der Waals surface area contributed by atoms with Gasteiger partial charge in [0.15, 0.2) is 0 Å². The molecule has 1 N–H and O–H groups in total. The minimum atomic E-state index is -4.48. The molecule has 1 saturated carbocycles. The van der Waals surface area contributed by atoms with Crippen LogP contribution >= 0.6 is 11.5 Å². The summed E-state index contributed by atoms with van der Waals surface area (Å²) in [7, 11) is 0. The van der Waals surface area contributed by atoms with Gasteiger partial charge in [-0.3, -0.25) is 0 Å². The van der Waals surface area contributed by atoms with Crippen molar-refractivity contribution >= 4 is 16.7 Å². The van der Waals surface area contributed by atoms with E-state index in [4.69, 9.17) is 4.74 Å². The number of alkyl halides is 3. The molecule has 0 aromatic carbocycles. The van der Waals surface area contributed by atoms with Gasteiger partial charge in [0.25, 0.3) is 0 Å². The molecule has 0 spiro atoms. The summed E-state index contributed by atoms with van der Waals surface area (Å²) in [5.41, 5.74) is 0. The lowest BCUT2D eigenvalue weighted by Crippen LogP contribution is -2.15. The van der Waals surface area contributed by atoms with Crippen LogP contribution in [0.4, 0.5) is 18.3 Å². The Balaban J connectivity index is 1.68. The van der Waals surface area contributed by atoms with Gasteiger partial charge in [-0.2, -0.15) is 22.5 Å². The summed E-state index contributed by atoms with van der Waals surface area (Å²) in [5, 5.41) is 2.96. The van der Waals surface area contributed by atoms with Gasteiger partial charge >= 0.3 is 6.18 Å². The van der Waals surface area contributed by atoms with Crippen LogP contribution in [-0.2, 0) is 10.9 Å². The zero-order valence-corrected chi connectivity index (χ0v) is 10.5. The van der Waals surface area contributed by atoms with Crippen molar-refractivity contribution in [1.29, 1.82) is 0 Å². The largest absolute Gasteiger partial charge is 0.452 e. The van der Waals surface area contributed by atoms with E-state index in [1.807, 2.05) is 0 Å². The lowest BCUT2D eigenvalue weighted by atomic mass is 10.3. The van der Waals surface area contributed by atoms with Crippen LogP contribution < -0.4 is 5.32 Å². The quantitative estimate of drug-likeness (QED) is 0.843. The lowest BCUT2D eigenvalue weighted by molar-refractivity contribution is -0.144. The second kappa shape index (κ2) is 5.83. The Morgan fingerprint density at radius 3 is 2.67 bits per heavy atom. The first kappa shape index (κ1) is 13.5. The third kappa shape index (κ3) is 3.81. The third-order valence-corrected chi connectivity index (χ3v) is 3.39. The minimum absolute atomic E-state index is 0.178. The molecule has 4 nitrogen and oxygen atoms in total. The average Bonchev–Trinajstić information content (AvgIpc) is 2.95. The van der Waals surface area contributed by atoms with Crippen LogP contribution in [0.1, 0.15) is 31.5 Å². The molecule has 1 aliphatic carbocycles. The number of hydrogen-bond acceptors (Lipinski definition) is 5. The molecular formula is C10H14F3N3OS. The van der Waals surface area contributed by atoms with Crippen molar-refractivity contribution in [3.8, 4) is 0 Å². The summed E-state index contributed by atoms with van der Waals surface area (Å²) in [5.74, 6) is -1.09. The second-order valence-electron chi connectivity index (χ2n) is 4.12. The van der Waals surface area contributed by atoms with Gasteiger partial charge in [-0.25, -0.2) is 0 Å². The van der Waals surface area contributed by atoms with Gasteiger partial charge in [0.1, 0.15) is 0 Å². The van der Waals surface area contributed by atoms with E-state index in [1.54, 1.807) is 0 Å². The van der Waals surface area contributed by atoms with Crippen LogP contribution in [0, 0.1) is 0 Å². The van der Waals surface area contributed by atoms with Gasteiger partial charge in [0, 0.05) is 18.1 Å². The van der Waals surface area contributed by atoms with Gasteiger partial charge in [-0.1, -0.05) is 12.8 Å². The maximum Gasteiger partial charge on any atom is 0.452 e. The minimum Gasteiger partial charge on any atom is -0.376 e. The van der Waals surface area contributed by atoms with Crippen LogP contribution in [0.5, 0.6) is 0 Å². The molecule has 0 saturated heterocycles. The fourth-order valence-corrected chi connectivity index (χ4v) is 2.46. The number of anilines is 1. The number of hydrogen-bond donors (Lipinski definition) is 1. The Morgan fingerprint density at radius 2 is 2.06 bits per heavy atom. The molecule has 0 radical (unpaired) electrons. The Kier molecular flexibility index (Phi) is 4.39. The lowest BCUT2D eigenvalue weighted by Gasteiger charge is -2.10. The molecular weight excluding hydrogens is 267 g/mol. The first-order chi connectivity index (χ1) is 8.55. The molecule has 0 bridgehead atoms. The molecule has 1 heterocycles. The van der Waals surface area contributed by atoms with Crippen molar-refractivity contribution in [2.45, 2.75) is 38.0 Å². The van der Waals surface area contributed by atoms with Crippen LogP contribution in [0.15, 0.2) is 0 Å². The van der Waals surface area contributed by atoms with Crippen LogP contribution in [-0.4, -0.2) is 28.6 Å². The summed E-state index contributed by atoms with van der Waals surface area (Å²) in [6.07, 6.45) is 0.393. The molecule has 1 aliphatic rings. The topological polar surface area (TPSA) is 47.0 Å². The highest BCUT2D eigenvalue weighted by molar-refractivity contribution is 7.09. The number of aromatic nitrogens is 2. The first-order valence-corrected chi connectivity index (χ1v) is 6.59. The summed E-state index contributed by atoms with van der Waals surface area (Å²) in [6, 6.07) is 0. The molecule has 0 amide bonds. The highest BCUT2D eigenvalue weighted by atomic mass is 32.1. The normalized spacial score (nSPS) is 17.3. The number of rotatable bonds is 5. The first-order valence-electron chi connectivity index (χ1n) is 5.82. The zero-order chi connectivity index (χ0) is 13.0. The van der Waals surface area contributed by atoms with Crippen LogP contribution in [0.3, 0.4) is 0 Å². The Labute approximate surface area is 107 Å².